The van der Waals surface area contributed by atoms with E-state index in [0.29, 0.717) is 0 Å². The predicted octanol–water partition coefficient (Wildman–Crippen LogP) is -0.857. The van der Waals surface area contributed by atoms with Crippen LogP contribution < -0.4 is 11.5 Å². The molecule has 0 saturated heterocycles. The summed E-state index contributed by atoms with van der Waals surface area (Å²) in [4.78, 5) is 49.9. The number of benzene rings is 1. The van der Waals surface area contributed by atoms with Gasteiger partial charge in [0.25, 0.3) is 5.91 Å². The van der Waals surface area contributed by atoms with Gasteiger partial charge in [0.15, 0.2) is 11.4 Å². The third-order valence-electron chi connectivity index (χ3n) is 6.41. The number of Topliss-reactive ketones (excluding diaryl/α,β-unsaturated/α-hetero) is 2. The highest BCUT2D eigenvalue weighted by Crippen LogP contribution is 2.54. The van der Waals surface area contributed by atoms with Crippen LogP contribution in [0.1, 0.15) is 28.3 Å². The van der Waals surface area contributed by atoms with Gasteiger partial charge in [-0.15, -0.1) is 0 Å². The van der Waals surface area contributed by atoms with Crippen LogP contribution in [0.15, 0.2) is 40.9 Å². The number of carbonyl (C=O) groups excluding carboxylic acids is 3. The molecule has 0 fully saturated rings. The molecule has 3 aliphatic rings. The summed E-state index contributed by atoms with van der Waals surface area (Å²) in [6.07, 6.45) is -0.392. The van der Waals surface area contributed by atoms with Crippen LogP contribution in [0.2, 0.25) is 0 Å². The van der Waals surface area contributed by atoms with Crippen molar-refractivity contribution in [3.05, 3.63) is 52.0 Å². The number of phenols is 1. The van der Waals surface area contributed by atoms with Gasteiger partial charge in [0.2, 0.25) is 5.78 Å². The molecule has 162 valence electrons. The number of primary amides is 1. The van der Waals surface area contributed by atoms with Crippen LogP contribution in [0, 0.1) is 11.8 Å². The maximum Gasteiger partial charge on any atom is 0.311 e. The van der Waals surface area contributed by atoms with Crippen molar-refractivity contribution in [3.63, 3.8) is 0 Å². The fourth-order valence-corrected chi connectivity index (χ4v) is 5.00. The number of allylic oxidation sites excluding steroid dienone is 1. The van der Waals surface area contributed by atoms with Crippen molar-refractivity contribution in [2.45, 2.75) is 24.0 Å². The molecule has 31 heavy (non-hydrogen) atoms. The van der Waals surface area contributed by atoms with E-state index < -0.39 is 87.7 Å². The van der Waals surface area contributed by atoms with Gasteiger partial charge in [0, 0.05) is 17.4 Å². The van der Waals surface area contributed by atoms with Crippen molar-refractivity contribution in [1.29, 1.82) is 0 Å². The second-order valence-electron chi connectivity index (χ2n) is 7.84. The van der Waals surface area contributed by atoms with E-state index in [0.717, 1.165) is 6.07 Å². The average molecular weight is 430 g/mol. The Morgan fingerprint density at radius 3 is 2.35 bits per heavy atom. The van der Waals surface area contributed by atoms with Gasteiger partial charge in [-0.2, -0.15) is 0 Å². The first kappa shape index (κ1) is 20.6. The van der Waals surface area contributed by atoms with Crippen molar-refractivity contribution in [2.24, 2.45) is 23.3 Å². The molecular formula is C20H18N2O9. The molecule has 3 aliphatic carbocycles. The monoisotopic (exact) mass is 430 g/mol. The first-order valence-corrected chi connectivity index (χ1v) is 9.23. The minimum atomic E-state index is -2.89. The van der Waals surface area contributed by atoms with Gasteiger partial charge in [0.1, 0.15) is 22.8 Å². The van der Waals surface area contributed by atoms with Crippen molar-refractivity contribution in [2.75, 3.05) is 0 Å². The number of hydrogen-bond acceptors (Lipinski definition) is 9. The van der Waals surface area contributed by atoms with E-state index in [9.17, 15) is 44.7 Å². The summed E-state index contributed by atoms with van der Waals surface area (Å²) in [6, 6.07) is 2.30. The molecule has 0 aliphatic heterocycles. The Labute approximate surface area is 173 Å². The number of carbonyl (C=O) groups is 4. The highest BCUT2D eigenvalue weighted by Gasteiger charge is 2.63. The van der Waals surface area contributed by atoms with Gasteiger partial charge in [-0.05, 0) is 18.1 Å². The topological polar surface area (TPSA) is 221 Å². The molecule has 4 rings (SSSR count). The standard InChI is InChI=1S/C20H18N2O9/c21-13-7-4-6-9(19(29)30)5-2-1-3-8(23)10(5)14(24)11(6)16(26)20(7,31)17(27)12(15(13)25)18(22)28/h1-3,6-7,9,13,23,25-26,31H,4,21H2,(H2,22,28)(H,29,30)/t6-,7+,9-,13+,20+/m1/s1. The number of nitrogens with two attached hydrogens (primary N) is 2. The average Bonchev–Trinajstić information content (AvgIpc) is 2.68. The van der Waals surface area contributed by atoms with Gasteiger partial charge < -0.3 is 37.0 Å². The Morgan fingerprint density at radius 1 is 1.13 bits per heavy atom. The minimum Gasteiger partial charge on any atom is -0.510 e. The Hall–Kier alpha value is -3.70. The lowest BCUT2D eigenvalue weighted by atomic mass is 9.56. The maximum atomic E-state index is 13.2. The first-order chi connectivity index (χ1) is 14.4. The number of carboxylic acids is 1. The van der Waals surface area contributed by atoms with E-state index >= 15 is 0 Å². The maximum absolute atomic E-state index is 13.2. The number of amides is 1. The van der Waals surface area contributed by atoms with E-state index in [4.69, 9.17) is 11.5 Å². The van der Waals surface area contributed by atoms with Gasteiger partial charge in [0.05, 0.1) is 17.5 Å². The molecular weight excluding hydrogens is 412 g/mol. The number of aliphatic hydroxyl groups is 3. The number of fused-ring (bicyclic) bond motifs is 3. The first-order valence-electron chi connectivity index (χ1n) is 9.23. The third kappa shape index (κ3) is 2.41. The molecule has 11 heteroatoms. The van der Waals surface area contributed by atoms with Crippen LogP contribution in [-0.4, -0.2) is 60.6 Å². The second-order valence-corrected chi connectivity index (χ2v) is 7.84. The zero-order valence-electron chi connectivity index (χ0n) is 15.8. The number of aliphatic carboxylic acids is 1. The summed E-state index contributed by atoms with van der Waals surface area (Å²) in [7, 11) is 0. The fourth-order valence-electron chi connectivity index (χ4n) is 5.00. The summed E-state index contributed by atoms with van der Waals surface area (Å²) in [5.74, 6) is -11.9. The van der Waals surface area contributed by atoms with E-state index in [1.165, 1.54) is 12.1 Å². The molecule has 1 aromatic rings. The SMILES string of the molecule is NC(=O)C1=C(O)[C@@H](N)[C@@H]2C[C@H]3C(=C(O)[C@]2(O)C1=O)C(=O)c1c(O)cccc1[C@H]3C(=O)O. The summed E-state index contributed by atoms with van der Waals surface area (Å²) >= 11 is 0. The van der Waals surface area contributed by atoms with Gasteiger partial charge in [-0.25, -0.2) is 0 Å². The Morgan fingerprint density at radius 2 is 1.77 bits per heavy atom. The lowest BCUT2D eigenvalue weighted by Crippen LogP contribution is -2.63. The number of phenolic OH excluding ortho intramolecular Hbond substituents is 1. The number of rotatable bonds is 2. The van der Waals surface area contributed by atoms with E-state index in [1.54, 1.807) is 0 Å². The van der Waals surface area contributed by atoms with Gasteiger partial charge in [-0.1, -0.05) is 12.1 Å². The Bertz CT molecular complexity index is 1150. The Kier molecular flexibility index (Phi) is 4.24. The van der Waals surface area contributed by atoms with Gasteiger partial charge in [-0.3, -0.25) is 19.2 Å². The fraction of sp³-hybridized carbons (Fsp3) is 0.300. The summed E-state index contributed by atoms with van der Waals surface area (Å²) in [5.41, 5.74) is 6.19. The predicted molar refractivity (Wildman–Crippen MR) is 101 cm³/mol. The second kappa shape index (κ2) is 6.40. The normalized spacial score (nSPS) is 32.3. The van der Waals surface area contributed by atoms with Crippen LogP contribution in [0.5, 0.6) is 5.75 Å². The van der Waals surface area contributed by atoms with Crippen LogP contribution in [-0.2, 0) is 14.4 Å². The van der Waals surface area contributed by atoms with Crippen LogP contribution in [0.3, 0.4) is 0 Å². The Balaban J connectivity index is 2.03. The molecule has 0 unspecified atom stereocenters. The minimum absolute atomic E-state index is 0.00205. The van der Waals surface area contributed by atoms with Gasteiger partial charge >= 0.3 is 5.97 Å². The number of hydrogen-bond donors (Lipinski definition) is 7. The van der Waals surface area contributed by atoms with Crippen molar-refractivity contribution in [1.82, 2.24) is 0 Å². The lowest BCUT2D eigenvalue weighted by molar-refractivity contribution is -0.147. The molecule has 0 aromatic heterocycles. The molecule has 0 radical (unpaired) electrons. The molecule has 0 bridgehead atoms. The molecule has 0 heterocycles. The highest BCUT2D eigenvalue weighted by molar-refractivity contribution is 6.25. The van der Waals surface area contributed by atoms with E-state index in [2.05, 4.69) is 0 Å². The quantitative estimate of drug-likeness (QED) is 0.288. The summed E-state index contributed by atoms with van der Waals surface area (Å²) in [6.45, 7) is 0. The lowest BCUT2D eigenvalue weighted by Gasteiger charge is -2.48. The molecule has 0 spiro atoms. The highest BCUT2D eigenvalue weighted by atomic mass is 16.4. The van der Waals surface area contributed by atoms with Crippen molar-refractivity contribution in [3.8, 4) is 5.75 Å². The number of aliphatic hydroxyl groups excluding tert-OH is 2. The van der Waals surface area contributed by atoms with E-state index in [1.807, 2.05) is 0 Å². The molecule has 1 amide bonds. The molecule has 11 nitrogen and oxygen atoms in total. The van der Waals surface area contributed by atoms with Crippen molar-refractivity contribution >= 4 is 23.4 Å². The summed E-state index contributed by atoms with van der Waals surface area (Å²) < 4.78 is 0. The third-order valence-corrected chi connectivity index (χ3v) is 6.41. The molecule has 9 N–H and O–H groups in total. The largest absolute Gasteiger partial charge is 0.510 e. The smallest absolute Gasteiger partial charge is 0.311 e. The zero-order chi connectivity index (χ0) is 23.0. The van der Waals surface area contributed by atoms with Crippen LogP contribution in [0.25, 0.3) is 0 Å². The number of ketones is 2. The van der Waals surface area contributed by atoms with Crippen LogP contribution >= 0.6 is 0 Å². The van der Waals surface area contributed by atoms with E-state index in [-0.39, 0.29) is 11.1 Å². The molecule has 5 atom stereocenters. The molecule has 1 aromatic carbocycles. The number of carboxylic acid groups (broad SMARTS) is 1. The zero-order valence-corrected chi connectivity index (χ0v) is 15.8. The molecule has 0 saturated carbocycles. The number of aromatic hydroxyl groups is 1. The summed E-state index contributed by atoms with van der Waals surface area (Å²) in [5, 5.41) is 52.4. The van der Waals surface area contributed by atoms with Crippen molar-refractivity contribution < 1.29 is 44.7 Å². The van der Waals surface area contributed by atoms with Crippen LogP contribution in [0.4, 0.5) is 0 Å².